The SMILES string of the molecule is NC(=O)c1cc2c(ccc3ccccc32)o/c1=N/NC(=O)c1ccc2ccccc2n1. The maximum Gasteiger partial charge on any atom is 0.290 e. The molecule has 0 bridgehead atoms. The van der Waals surface area contributed by atoms with E-state index in [-0.39, 0.29) is 16.8 Å². The quantitative estimate of drug-likeness (QED) is 0.352. The second-order valence-corrected chi connectivity index (χ2v) is 6.97. The van der Waals surface area contributed by atoms with Crippen molar-refractivity contribution in [2.24, 2.45) is 10.8 Å². The van der Waals surface area contributed by atoms with Crippen LogP contribution in [0.15, 0.2) is 88.4 Å². The number of hydrogen-bond donors (Lipinski definition) is 2. The van der Waals surface area contributed by atoms with E-state index in [4.69, 9.17) is 10.2 Å². The Morgan fingerprint density at radius 1 is 0.871 bits per heavy atom. The van der Waals surface area contributed by atoms with Gasteiger partial charge in [0.05, 0.1) is 5.52 Å². The third-order valence-corrected chi connectivity index (χ3v) is 5.01. The Hall–Kier alpha value is -4.52. The molecule has 0 spiro atoms. The standard InChI is InChI=1S/C24H16N4O3/c25-22(29)18-13-17-16-7-3-1-5-14(16)10-12-21(17)31-24(18)28-27-23(30)20-11-9-15-6-2-4-8-19(15)26-20/h1-13H,(H2,25,29)(H,27,30)/b28-24+. The Labute approximate surface area is 175 Å². The highest BCUT2D eigenvalue weighted by Gasteiger charge is 2.13. The summed E-state index contributed by atoms with van der Waals surface area (Å²) in [6.07, 6.45) is 0. The molecule has 0 unspecified atom stereocenters. The van der Waals surface area contributed by atoms with Gasteiger partial charge in [-0.1, -0.05) is 54.6 Å². The maximum atomic E-state index is 12.6. The second kappa shape index (κ2) is 7.38. The lowest BCUT2D eigenvalue weighted by atomic mass is 10.0. The molecule has 31 heavy (non-hydrogen) atoms. The molecule has 5 aromatic rings. The van der Waals surface area contributed by atoms with Gasteiger partial charge in [-0.2, -0.15) is 0 Å². The van der Waals surface area contributed by atoms with E-state index in [1.807, 2.05) is 54.6 Å². The molecule has 0 saturated carbocycles. The van der Waals surface area contributed by atoms with E-state index in [0.717, 1.165) is 21.5 Å². The van der Waals surface area contributed by atoms with Crippen molar-refractivity contribution >= 4 is 44.5 Å². The number of primary amides is 1. The molecule has 3 aromatic carbocycles. The van der Waals surface area contributed by atoms with Gasteiger partial charge in [-0.05, 0) is 35.0 Å². The molecule has 0 atom stereocenters. The molecule has 0 fully saturated rings. The normalized spacial score (nSPS) is 11.8. The van der Waals surface area contributed by atoms with Gasteiger partial charge < -0.3 is 10.2 Å². The summed E-state index contributed by atoms with van der Waals surface area (Å²) >= 11 is 0. The Kier molecular flexibility index (Phi) is 4.41. The summed E-state index contributed by atoms with van der Waals surface area (Å²) in [4.78, 5) is 28.9. The number of nitrogens with one attached hydrogen (secondary N) is 1. The number of nitrogens with two attached hydrogens (primary N) is 1. The smallest absolute Gasteiger partial charge is 0.290 e. The first-order valence-electron chi connectivity index (χ1n) is 9.55. The Morgan fingerprint density at radius 3 is 2.45 bits per heavy atom. The molecule has 0 aliphatic heterocycles. The van der Waals surface area contributed by atoms with Crippen LogP contribution in [0.5, 0.6) is 0 Å². The topological polar surface area (TPSA) is 111 Å². The average Bonchev–Trinajstić information content (AvgIpc) is 2.81. The molecule has 0 saturated heterocycles. The number of hydrogen-bond acceptors (Lipinski definition) is 5. The van der Waals surface area contributed by atoms with E-state index in [1.54, 1.807) is 24.3 Å². The molecule has 7 heteroatoms. The van der Waals surface area contributed by atoms with Gasteiger partial charge in [0.15, 0.2) is 0 Å². The fourth-order valence-electron chi connectivity index (χ4n) is 3.49. The van der Waals surface area contributed by atoms with Gasteiger partial charge in [0.25, 0.3) is 11.8 Å². The number of aromatic nitrogens is 1. The minimum Gasteiger partial charge on any atom is -0.436 e. The first kappa shape index (κ1) is 18.5. The van der Waals surface area contributed by atoms with Crippen LogP contribution in [0.25, 0.3) is 32.6 Å². The Morgan fingerprint density at radius 2 is 1.61 bits per heavy atom. The Balaban J connectivity index is 1.57. The molecule has 2 amide bonds. The van der Waals surface area contributed by atoms with E-state index in [2.05, 4.69) is 15.5 Å². The highest BCUT2D eigenvalue weighted by molar-refractivity contribution is 6.07. The number of benzene rings is 3. The Bertz CT molecular complexity index is 1570. The monoisotopic (exact) mass is 408 g/mol. The van der Waals surface area contributed by atoms with Gasteiger partial charge in [0, 0.05) is 10.8 Å². The van der Waals surface area contributed by atoms with Crippen LogP contribution in [0, 0.1) is 0 Å². The number of carbonyl (C=O) groups is 2. The van der Waals surface area contributed by atoms with Crippen LogP contribution in [0.4, 0.5) is 0 Å². The first-order chi connectivity index (χ1) is 15.1. The number of rotatable bonds is 3. The van der Waals surface area contributed by atoms with Gasteiger partial charge in [-0.3, -0.25) is 9.59 Å². The zero-order valence-electron chi connectivity index (χ0n) is 16.2. The minimum atomic E-state index is -0.713. The third-order valence-electron chi connectivity index (χ3n) is 5.01. The van der Waals surface area contributed by atoms with Crippen LogP contribution in [-0.4, -0.2) is 16.8 Å². The highest BCUT2D eigenvalue weighted by atomic mass is 16.3. The van der Waals surface area contributed by atoms with Crippen molar-refractivity contribution in [3.05, 3.63) is 95.7 Å². The summed E-state index contributed by atoms with van der Waals surface area (Å²) in [5, 5.41) is 7.58. The zero-order valence-corrected chi connectivity index (χ0v) is 16.2. The van der Waals surface area contributed by atoms with Crippen molar-refractivity contribution in [3.8, 4) is 0 Å². The number of pyridine rings is 1. The van der Waals surface area contributed by atoms with Crippen LogP contribution >= 0.6 is 0 Å². The third kappa shape index (κ3) is 3.38. The zero-order chi connectivity index (χ0) is 21.4. The molecular weight excluding hydrogens is 392 g/mol. The van der Waals surface area contributed by atoms with E-state index in [0.29, 0.717) is 11.1 Å². The second-order valence-electron chi connectivity index (χ2n) is 6.97. The number of carbonyl (C=O) groups excluding carboxylic acids is 2. The molecule has 5 rings (SSSR count). The fourth-order valence-corrected chi connectivity index (χ4v) is 3.49. The number of para-hydroxylation sites is 1. The summed E-state index contributed by atoms with van der Waals surface area (Å²) in [7, 11) is 0. The van der Waals surface area contributed by atoms with Gasteiger partial charge in [-0.25, -0.2) is 10.4 Å². The van der Waals surface area contributed by atoms with Crippen molar-refractivity contribution in [2.75, 3.05) is 0 Å². The lowest BCUT2D eigenvalue weighted by molar-refractivity contribution is 0.0942. The number of amides is 2. The molecule has 0 aliphatic rings. The molecule has 150 valence electrons. The first-order valence-corrected chi connectivity index (χ1v) is 9.55. The van der Waals surface area contributed by atoms with Crippen LogP contribution in [0.1, 0.15) is 20.8 Å². The van der Waals surface area contributed by atoms with E-state index in [1.165, 1.54) is 0 Å². The maximum absolute atomic E-state index is 12.6. The lowest BCUT2D eigenvalue weighted by Crippen LogP contribution is -2.27. The molecule has 3 N–H and O–H groups in total. The number of fused-ring (bicyclic) bond motifs is 4. The molecule has 2 aromatic heterocycles. The summed E-state index contributed by atoms with van der Waals surface area (Å²) in [6, 6.07) is 23.9. The summed E-state index contributed by atoms with van der Waals surface area (Å²) in [5.41, 5.74) is 9.32. The minimum absolute atomic E-state index is 0.0654. The van der Waals surface area contributed by atoms with Gasteiger partial charge >= 0.3 is 0 Å². The van der Waals surface area contributed by atoms with E-state index < -0.39 is 11.8 Å². The van der Waals surface area contributed by atoms with Gasteiger partial charge in [0.1, 0.15) is 16.8 Å². The van der Waals surface area contributed by atoms with Crippen molar-refractivity contribution < 1.29 is 14.0 Å². The highest BCUT2D eigenvalue weighted by Crippen LogP contribution is 2.24. The van der Waals surface area contributed by atoms with Gasteiger partial charge in [0.2, 0.25) is 5.55 Å². The van der Waals surface area contributed by atoms with Crippen LogP contribution in [0.2, 0.25) is 0 Å². The van der Waals surface area contributed by atoms with Crippen LogP contribution in [-0.2, 0) is 0 Å². The van der Waals surface area contributed by atoms with Crippen molar-refractivity contribution in [1.29, 1.82) is 0 Å². The van der Waals surface area contributed by atoms with E-state index >= 15 is 0 Å². The predicted octanol–water partition coefficient (Wildman–Crippen LogP) is 3.48. The van der Waals surface area contributed by atoms with Gasteiger partial charge in [-0.15, -0.1) is 5.10 Å². The van der Waals surface area contributed by atoms with Crippen LogP contribution in [0.3, 0.4) is 0 Å². The van der Waals surface area contributed by atoms with Crippen LogP contribution < -0.4 is 16.7 Å². The van der Waals surface area contributed by atoms with E-state index in [9.17, 15) is 9.59 Å². The van der Waals surface area contributed by atoms with Crippen molar-refractivity contribution in [2.45, 2.75) is 0 Å². The van der Waals surface area contributed by atoms with Crippen molar-refractivity contribution in [1.82, 2.24) is 10.4 Å². The largest absolute Gasteiger partial charge is 0.436 e. The predicted molar refractivity (Wildman–Crippen MR) is 117 cm³/mol. The molecular formula is C24H16N4O3. The average molecular weight is 408 g/mol. The molecule has 0 radical (unpaired) electrons. The lowest BCUT2D eigenvalue weighted by Gasteiger charge is -2.06. The molecule has 0 aliphatic carbocycles. The number of nitrogens with zero attached hydrogens (tertiary/aromatic N) is 2. The molecule has 7 nitrogen and oxygen atoms in total. The van der Waals surface area contributed by atoms with Crippen molar-refractivity contribution in [3.63, 3.8) is 0 Å². The molecule has 2 heterocycles. The summed E-state index contributed by atoms with van der Waals surface area (Å²) < 4.78 is 5.82. The summed E-state index contributed by atoms with van der Waals surface area (Å²) in [5.74, 6) is -1.25. The fraction of sp³-hybridized carbons (Fsp3) is 0. The summed E-state index contributed by atoms with van der Waals surface area (Å²) in [6.45, 7) is 0.